The van der Waals surface area contributed by atoms with E-state index in [9.17, 15) is 9.59 Å². The molecule has 0 saturated carbocycles. The van der Waals surface area contributed by atoms with Crippen LogP contribution in [-0.2, 0) is 19.0 Å². The van der Waals surface area contributed by atoms with Crippen LogP contribution in [0, 0.1) is 0 Å². The Labute approximate surface area is 107 Å². The van der Waals surface area contributed by atoms with Crippen molar-refractivity contribution in [2.45, 2.75) is 32.8 Å². The highest BCUT2D eigenvalue weighted by molar-refractivity contribution is 5.70. The van der Waals surface area contributed by atoms with Crippen molar-refractivity contribution in [3.63, 3.8) is 0 Å². The van der Waals surface area contributed by atoms with Crippen LogP contribution in [0.25, 0.3) is 0 Å². The monoisotopic (exact) mass is 259 g/mol. The van der Waals surface area contributed by atoms with E-state index in [0.717, 1.165) is 0 Å². The van der Waals surface area contributed by atoms with Crippen LogP contribution in [0.1, 0.15) is 27.2 Å². The molecule has 18 heavy (non-hydrogen) atoms. The molecular weight excluding hydrogens is 238 g/mol. The third-order valence-corrected chi connectivity index (χ3v) is 2.31. The van der Waals surface area contributed by atoms with Gasteiger partial charge in [-0.25, -0.2) is 4.79 Å². The molecule has 0 unspecified atom stereocenters. The summed E-state index contributed by atoms with van der Waals surface area (Å²) in [6.07, 6.45) is -0.299. The minimum absolute atomic E-state index is 0.220. The largest absolute Gasteiger partial charge is 0.508 e. The highest BCUT2D eigenvalue weighted by Crippen LogP contribution is 2.08. The van der Waals surface area contributed by atoms with Crippen molar-refractivity contribution < 1.29 is 23.8 Å². The van der Waals surface area contributed by atoms with Crippen LogP contribution in [-0.4, -0.2) is 55.5 Å². The summed E-state index contributed by atoms with van der Waals surface area (Å²) < 4.78 is 14.8. The lowest BCUT2D eigenvalue weighted by atomic mass is 10.2. The number of hydrogen-bond donors (Lipinski definition) is 0. The summed E-state index contributed by atoms with van der Waals surface area (Å²) in [4.78, 5) is 24.4. The van der Waals surface area contributed by atoms with Gasteiger partial charge in [0.1, 0.15) is 18.8 Å². The molecule has 1 aliphatic heterocycles. The molecule has 1 heterocycles. The van der Waals surface area contributed by atoms with Gasteiger partial charge in [0.2, 0.25) is 0 Å². The van der Waals surface area contributed by atoms with Gasteiger partial charge in [-0.2, -0.15) is 0 Å². The van der Waals surface area contributed by atoms with Gasteiger partial charge in [0, 0.05) is 19.6 Å². The normalized spacial score (nSPS) is 18.3. The molecule has 0 N–H and O–H groups in total. The van der Waals surface area contributed by atoms with Crippen molar-refractivity contribution in [1.29, 1.82) is 0 Å². The lowest BCUT2D eigenvalue weighted by molar-refractivity contribution is -0.155. The molecule has 6 nitrogen and oxygen atoms in total. The van der Waals surface area contributed by atoms with Gasteiger partial charge in [0.05, 0.1) is 6.42 Å². The summed E-state index contributed by atoms with van der Waals surface area (Å²) in [6.45, 7) is 7.89. The van der Waals surface area contributed by atoms with E-state index in [-0.39, 0.29) is 19.2 Å². The highest BCUT2D eigenvalue weighted by Gasteiger charge is 2.18. The Morgan fingerprint density at radius 2 is 1.83 bits per heavy atom. The molecule has 1 aliphatic rings. The average molecular weight is 259 g/mol. The summed E-state index contributed by atoms with van der Waals surface area (Å²) >= 11 is 0. The van der Waals surface area contributed by atoms with Gasteiger partial charge in [0.15, 0.2) is 0 Å². The zero-order valence-electron chi connectivity index (χ0n) is 11.2. The molecule has 0 aliphatic carbocycles. The lowest BCUT2D eigenvalue weighted by Crippen LogP contribution is -2.37. The van der Waals surface area contributed by atoms with Crippen molar-refractivity contribution in [2.24, 2.45) is 0 Å². The Morgan fingerprint density at radius 1 is 1.28 bits per heavy atom. The van der Waals surface area contributed by atoms with Crippen molar-refractivity contribution in [3.05, 3.63) is 0 Å². The quantitative estimate of drug-likeness (QED) is 0.709. The van der Waals surface area contributed by atoms with Gasteiger partial charge in [-0.3, -0.25) is 9.69 Å². The Morgan fingerprint density at radius 3 is 2.33 bits per heavy atom. The standard InChI is InChI=1S/C12H21NO5/c1-12(2,3)18-10(14)4-5-13-6-8-16-11(15)17-9-7-13/h4-9H2,1-3H3. The second-order valence-electron chi connectivity index (χ2n) is 5.13. The van der Waals surface area contributed by atoms with E-state index in [4.69, 9.17) is 14.2 Å². The molecule has 0 atom stereocenters. The molecular formula is C12H21NO5. The van der Waals surface area contributed by atoms with E-state index in [0.29, 0.717) is 26.1 Å². The van der Waals surface area contributed by atoms with Gasteiger partial charge in [-0.1, -0.05) is 0 Å². The summed E-state index contributed by atoms with van der Waals surface area (Å²) in [5.41, 5.74) is -0.452. The van der Waals surface area contributed by atoms with Gasteiger partial charge in [0.25, 0.3) is 0 Å². The second kappa shape index (κ2) is 6.58. The topological polar surface area (TPSA) is 65.1 Å². The number of carbonyl (C=O) groups is 2. The lowest BCUT2D eigenvalue weighted by Gasteiger charge is -2.25. The molecule has 6 heteroatoms. The van der Waals surface area contributed by atoms with E-state index < -0.39 is 11.8 Å². The van der Waals surface area contributed by atoms with E-state index in [2.05, 4.69) is 0 Å². The summed E-state index contributed by atoms with van der Waals surface area (Å²) in [6, 6.07) is 0. The highest BCUT2D eigenvalue weighted by atomic mass is 16.7. The predicted octanol–water partition coefficient (Wildman–Crippen LogP) is 1.19. The number of rotatable bonds is 3. The first-order valence-corrected chi connectivity index (χ1v) is 6.10. The average Bonchev–Trinajstić information content (AvgIpc) is 2.19. The first kappa shape index (κ1) is 14.8. The minimum Gasteiger partial charge on any atom is -0.460 e. The molecule has 104 valence electrons. The van der Waals surface area contributed by atoms with Crippen LogP contribution in [0.4, 0.5) is 4.79 Å². The van der Waals surface area contributed by atoms with Gasteiger partial charge in [-0.15, -0.1) is 0 Å². The Hall–Kier alpha value is -1.30. The Bertz CT molecular complexity index is 285. The number of hydrogen-bond acceptors (Lipinski definition) is 6. The van der Waals surface area contributed by atoms with Crippen LogP contribution >= 0.6 is 0 Å². The van der Waals surface area contributed by atoms with Gasteiger partial charge < -0.3 is 14.2 Å². The van der Waals surface area contributed by atoms with Gasteiger partial charge >= 0.3 is 12.1 Å². The fourth-order valence-electron chi connectivity index (χ4n) is 1.54. The van der Waals surface area contributed by atoms with Crippen molar-refractivity contribution in [2.75, 3.05) is 32.8 Å². The van der Waals surface area contributed by atoms with E-state index in [1.165, 1.54) is 0 Å². The second-order valence-corrected chi connectivity index (χ2v) is 5.13. The Kier molecular flexibility index (Phi) is 5.40. The maximum absolute atomic E-state index is 11.5. The van der Waals surface area contributed by atoms with Crippen molar-refractivity contribution >= 4 is 12.1 Å². The zero-order valence-corrected chi connectivity index (χ0v) is 11.2. The molecule has 0 bridgehead atoms. The van der Waals surface area contributed by atoms with E-state index in [1.807, 2.05) is 25.7 Å². The maximum atomic E-state index is 11.5. The third-order valence-electron chi connectivity index (χ3n) is 2.31. The molecule has 0 aromatic heterocycles. The first-order chi connectivity index (χ1) is 8.37. The minimum atomic E-state index is -0.623. The fraction of sp³-hybridized carbons (Fsp3) is 0.833. The maximum Gasteiger partial charge on any atom is 0.508 e. The summed E-state index contributed by atoms with van der Waals surface area (Å²) in [5, 5.41) is 0. The molecule has 0 amide bonds. The van der Waals surface area contributed by atoms with Crippen LogP contribution in [0.2, 0.25) is 0 Å². The smallest absolute Gasteiger partial charge is 0.460 e. The molecule has 1 saturated heterocycles. The molecule has 0 spiro atoms. The fourth-order valence-corrected chi connectivity index (χ4v) is 1.54. The van der Waals surface area contributed by atoms with Gasteiger partial charge in [-0.05, 0) is 20.8 Å². The first-order valence-electron chi connectivity index (χ1n) is 6.10. The van der Waals surface area contributed by atoms with Crippen LogP contribution in [0.3, 0.4) is 0 Å². The van der Waals surface area contributed by atoms with E-state index >= 15 is 0 Å². The zero-order chi connectivity index (χ0) is 13.6. The third kappa shape index (κ3) is 6.44. The van der Waals surface area contributed by atoms with Crippen LogP contribution in [0.15, 0.2) is 0 Å². The van der Waals surface area contributed by atoms with Crippen molar-refractivity contribution in [1.82, 2.24) is 4.90 Å². The predicted molar refractivity (Wildman–Crippen MR) is 64.2 cm³/mol. The number of carbonyl (C=O) groups excluding carboxylic acids is 2. The molecule has 1 rings (SSSR count). The summed E-state index contributed by atoms with van der Waals surface area (Å²) in [7, 11) is 0. The van der Waals surface area contributed by atoms with Crippen LogP contribution < -0.4 is 0 Å². The van der Waals surface area contributed by atoms with Crippen LogP contribution in [0.5, 0.6) is 0 Å². The Balaban J connectivity index is 2.25. The molecule has 1 fully saturated rings. The van der Waals surface area contributed by atoms with E-state index in [1.54, 1.807) is 0 Å². The number of cyclic esters (lactones) is 2. The number of nitrogens with zero attached hydrogens (tertiary/aromatic N) is 1. The SMILES string of the molecule is CC(C)(C)OC(=O)CCN1CCOC(=O)OCC1. The molecule has 0 radical (unpaired) electrons. The molecule has 0 aromatic rings. The number of esters is 1. The van der Waals surface area contributed by atoms with Crippen molar-refractivity contribution in [3.8, 4) is 0 Å². The number of ether oxygens (including phenoxy) is 3. The molecule has 0 aromatic carbocycles. The summed E-state index contributed by atoms with van der Waals surface area (Å²) in [5.74, 6) is -0.220.